The summed E-state index contributed by atoms with van der Waals surface area (Å²) in [7, 11) is 0. The third-order valence-electron chi connectivity index (χ3n) is 6.15. The molecule has 3 aromatic rings. The van der Waals surface area contributed by atoms with Crippen molar-refractivity contribution in [1.82, 2.24) is 15.3 Å². The molecule has 1 aliphatic heterocycles. The molecule has 1 unspecified atom stereocenters. The number of carbonyl (C=O) groups is 2. The molecular weight excluding hydrogens is 544 g/mol. The van der Waals surface area contributed by atoms with Gasteiger partial charge in [0.25, 0.3) is 0 Å². The molecule has 12 heteroatoms. The van der Waals surface area contributed by atoms with Gasteiger partial charge in [-0.2, -0.15) is 10.5 Å². The van der Waals surface area contributed by atoms with Crippen molar-refractivity contribution >= 4 is 52.2 Å². The van der Waals surface area contributed by atoms with Gasteiger partial charge in [0.05, 0.1) is 16.1 Å². The molecule has 0 aliphatic carbocycles. The van der Waals surface area contributed by atoms with Crippen LogP contribution in [-0.4, -0.2) is 44.2 Å². The number of benzene rings is 1. The maximum absolute atomic E-state index is 13.1. The van der Waals surface area contributed by atoms with Crippen molar-refractivity contribution in [2.24, 2.45) is 11.0 Å². The molecule has 0 fully saturated rings. The SMILES string of the molecule is Cc1cc(NC(=O)OC(C)(C)C)nc(C)c1CNC(=O)C1C=[N+](Cc2cc(C#N)c3ncc(Cl)cc3c2)N=C1C#N. The molecule has 0 spiro atoms. The summed E-state index contributed by atoms with van der Waals surface area (Å²) in [6.07, 6.45) is 2.45. The van der Waals surface area contributed by atoms with Crippen LogP contribution in [0.15, 0.2) is 35.6 Å². The minimum Gasteiger partial charge on any atom is -0.444 e. The number of nitrogens with zero attached hydrogens (tertiary/aromatic N) is 6. The third kappa shape index (κ3) is 7.02. The molecule has 0 saturated heterocycles. The van der Waals surface area contributed by atoms with E-state index in [0.29, 0.717) is 33.0 Å². The number of aryl methyl sites for hydroxylation is 2. The van der Waals surface area contributed by atoms with Crippen LogP contribution in [0.4, 0.5) is 10.6 Å². The quantitative estimate of drug-likeness (QED) is 0.412. The maximum Gasteiger partial charge on any atom is 0.413 e. The monoisotopic (exact) mass is 571 g/mol. The van der Waals surface area contributed by atoms with E-state index < -0.39 is 23.5 Å². The summed E-state index contributed by atoms with van der Waals surface area (Å²) in [6.45, 7) is 9.35. The number of hydrogen-bond acceptors (Lipinski definition) is 8. The lowest BCUT2D eigenvalue weighted by Crippen LogP contribution is -2.35. The van der Waals surface area contributed by atoms with Gasteiger partial charge in [-0.15, -0.1) is 0 Å². The van der Waals surface area contributed by atoms with Gasteiger partial charge in [0.15, 0.2) is 18.7 Å². The fourth-order valence-electron chi connectivity index (χ4n) is 4.38. The number of rotatable bonds is 6. The molecule has 0 radical (unpaired) electrons. The molecule has 1 aliphatic rings. The van der Waals surface area contributed by atoms with Crippen LogP contribution in [0.5, 0.6) is 0 Å². The van der Waals surface area contributed by atoms with E-state index in [-0.39, 0.29) is 18.8 Å². The van der Waals surface area contributed by atoms with Crippen LogP contribution in [0.2, 0.25) is 5.02 Å². The lowest BCUT2D eigenvalue weighted by Gasteiger charge is -2.20. The van der Waals surface area contributed by atoms with Gasteiger partial charge in [-0.05, 0) is 70.0 Å². The third-order valence-corrected chi connectivity index (χ3v) is 6.35. The van der Waals surface area contributed by atoms with Crippen LogP contribution < -0.4 is 10.6 Å². The first-order valence-electron chi connectivity index (χ1n) is 12.7. The van der Waals surface area contributed by atoms with Crippen molar-refractivity contribution in [2.45, 2.75) is 53.3 Å². The fraction of sp³-hybridized carbons (Fsp3) is 0.310. The highest BCUT2D eigenvalue weighted by atomic mass is 35.5. The minimum atomic E-state index is -0.881. The number of nitrogens with one attached hydrogen (secondary N) is 2. The van der Waals surface area contributed by atoms with Gasteiger partial charge in [0.2, 0.25) is 11.6 Å². The van der Waals surface area contributed by atoms with E-state index >= 15 is 0 Å². The number of fused-ring (bicyclic) bond motifs is 1. The van der Waals surface area contributed by atoms with Gasteiger partial charge >= 0.3 is 6.09 Å². The van der Waals surface area contributed by atoms with E-state index in [4.69, 9.17) is 16.3 Å². The molecule has 0 saturated carbocycles. The Morgan fingerprint density at radius 3 is 2.56 bits per heavy atom. The van der Waals surface area contributed by atoms with Crippen LogP contribution in [-0.2, 0) is 22.6 Å². The lowest BCUT2D eigenvalue weighted by atomic mass is 10.0. The highest BCUT2D eigenvalue weighted by Crippen LogP contribution is 2.23. The number of amides is 2. The van der Waals surface area contributed by atoms with Crippen LogP contribution in [0.1, 0.15) is 48.7 Å². The summed E-state index contributed by atoms with van der Waals surface area (Å²) in [4.78, 5) is 33.9. The van der Waals surface area contributed by atoms with E-state index in [9.17, 15) is 20.1 Å². The Kier molecular flexibility index (Phi) is 8.31. The Morgan fingerprint density at radius 1 is 1.15 bits per heavy atom. The summed E-state index contributed by atoms with van der Waals surface area (Å²) in [6, 6.07) is 11.1. The van der Waals surface area contributed by atoms with Crippen molar-refractivity contribution in [3.8, 4) is 12.1 Å². The van der Waals surface area contributed by atoms with Gasteiger partial charge in [-0.1, -0.05) is 16.3 Å². The molecule has 1 atom stereocenters. The van der Waals surface area contributed by atoms with E-state index in [1.807, 2.05) is 19.1 Å². The van der Waals surface area contributed by atoms with Crippen molar-refractivity contribution in [3.63, 3.8) is 0 Å². The highest BCUT2D eigenvalue weighted by Gasteiger charge is 2.35. The zero-order chi connectivity index (χ0) is 29.9. The fourth-order valence-corrected chi connectivity index (χ4v) is 4.55. The Morgan fingerprint density at radius 2 is 1.90 bits per heavy atom. The first kappa shape index (κ1) is 29.1. The molecule has 41 heavy (non-hydrogen) atoms. The largest absolute Gasteiger partial charge is 0.444 e. The number of ether oxygens (including phenoxy) is 1. The summed E-state index contributed by atoms with van der Waals surface area (Å²) >= 11 is 6.08. The molecule has 0 bridgehead atoms. The van der Waals surface area contributed by atoms with Gasteiger partial charge < -0.3 is 10.1 Å². The summed E-state index contributed by atoms with van der Waals surface area (Å²) in [5.74, 6) is -0.933. The first-order valence-corrected chi connectivity index (χ1v) is 13.1. The normalized spacial score (nSPS) is 14.5. The smallest absolute Gasteiger partial charge is 0.413 e. The molecular formula is C29H28ClN8O3+. The number of halogens is 1. The molecule has 11 nitrogen and oxygen atoms in total. The predicted molar refractivity (Wildman–Crippen MR) is 153 cm³/mol. The van der Waals surface area contributed by atoms with Gasteiger partial charge in [0.1, 0.15) is 23.6 Å². The maximum atomic E-state index is 13.1. The second-order valence-electron chi connectivity index (χ2n) is 10.5. The minimum absolute atomic E-state index is 0.0528. The topological polar surface area (TPSA) is 156 Å². The molecule has 1 aromatic carbocycles. The predicted octanol–water partition coefficient (Wildman–Crippen LogP) is 4.53. The van der Waals surface area contributed by atoms with Gasteiger partial charge in [-0.25, -0.2) is 9.78 Å². The van der Waals surface area contributed by atoms with Gasteiger partial charge in [0, 0.05) is 34.5 Å². The van der Waals surface area contributed by atoms with Crippen LogP contribution in [0, 0.1) is 42.4 Å². The number of anilines is 1. The number of nitriles is 2. The van der Waals surface area contributed by atoms with Crippen molar-refractivity contribution in [2.75, 3.05) is 5.32 Å². The zero-order valence-corrected chi connectivity index (χ0v) is 24.0. The molecule has 2 N–H and O–H groups in total. The lowest BCUT2D eigenvalue weighted by molar-refractivity contribution is -0.542. The number of hydrogen-bond donors (Lipinski definition) is 2. The number of hydrazone groups is 1. The second-order valence-corrected chi connectivity index (χ2v) is 11.0. The van der Waals surface area contributed by atoms with Crippen molar-refractivity contribution < 1.29 is 19.0 Å². The zero-order valence-electron chi connectivity index (χ0n) is 23.2. The van der Waals surface area contributed by atoms with Crippen LogP contribution in [0.3, 0.4) is 0 Å². The summed E-state index contributed by atoms with van der Waals surface area (Å²) < 4.78 is 6.79. The van der Waals surface area contributed by atoms with Crippen molar-refractivity contribution in [1.29, 1.82) is 10.5 Å². The molecule has 208 valence electrons. The Balaban J connectivity index is 1.46. The van der Waals surface area contributed by atoms with Crippen LogP contribution in [0.25, 0.3) is 10.9 Å². The number of pyridine rings is 2. The summed E-state index contributed by atoms with van der Waals surface area (Å²) in [5, 5.41) is 30.2. The van der Waals surface area contributed by atoms with Gasteiger partial charge in [-0.3, -0.25) is 15.1 Å². The highest BCUT2D eigenvalue weighted by molar-refractivity contribution is 6.31. The molecule has 3 heterocycles. The molecule has 4 rings (SSSR count). The molecule has 2 aromatic heterocycles. The average Bonchev–Trinajstić information content (AvgIpc) is 3.29. The van der Waals surface area contributed by atoms with E-state index in [1.54, 1.807) is 52.1 Å². The van der Waals surface area contributed by atoms with E-state index in [0.717, 1.165) is 16.7 Å². The standard InChI is InChI=1S/C29H27ClN8O3/c1-16-6-25(36-28(40)41-29(3,4)5)35-17(2)22(16)13-34-27(39)23-15-38(37-24(23)11-32)14-18-7-19-9-21(30)12-33-26(19)20(8-18)10-31/h6-9,12,15,23H,13-14H2,1-5H3,(H-,34,35,36,39,40)/p+1. The average molecular weight is 572 g/mol. The Labute approximate surface area is 242 Å². The first-order chi connectivity index (χ1) is 19.4. The van der Waals surface area contributed by atoms with Crippen LogP contribution >= 0.6 is 11.6 Å². The van der Waals surface area contributed by atoms with Crippen molar-refractivity contribution in [3.05, 3.63) is 63.4 Å². The Hall–Kier alpha value is -4.87. The second kappa shape index (κ2) is 11.7. The number of aromatic nitrogens is 2. The summed E-state index contributed by atoms with van der Waals surface area (Å²) in [5.41, 5.74) is 3.31. The van der Waals surface area contributed by atoms with E-state index in [1.165, 1.54) is 10.9 Å². The van der Waals surface area contributed by atoms with E-state index in [2.05, 4.69) is 31.8 Å². The number of carbonyl (C=O) groups excluding carboxylic acids is 2. The Bertz CT molecular complexity index is 1690. The molecule has 2 amide bonds.